The lowest BCUT2D eigenvalue weighted by molar-refractivity contribution is -0.141. The summed E-state index contributed by atoms with van der Waals surface area (Å²) in [6.45, 7) is 6.03. The Hall–Kier alpha value is -1.35. The largest absolute Gasteiger partial charge is 0.469 e. The van der Waals surface area contributed by atoms with Crippen LogP contribution in [0.3, 0.4) is 0 Å². The molecule has 1 aromatic rings. The van der Waals surface area contributed by atoms with Crippen LogP contribution in [0.25, 0.3) is 0 Å². The highest BCUT2D eigenvalue weighted by molar-refractivity contribution is 5.70. The molecule has 1 aromatic carbocycles. The van der Waals surface area contributed by atoms with Gasteiger partial charge in [-0.3, -0.25) is 4.79 Å². The van der Waals surface area contributed by atoms with Gasteiger partial charge >= 0.3 is 5.97 Å². The summed E-state index contributed by atoms with van der Waals surface area (Å²) in [7, 11) is 1.41. The summed E-state index contributed by atoms with van der Waals surface area (Å²) in [4.78, 5) is 11.4. The molecule has 2 N–H and O–H groups in total. The Bertz CT molecular complexity index is 399. The van der Waals surface area contributed by atoms with Gasteiger partial charge in [0.2, 0.25) is 0 Å². The molecule has 0 heterocycles. The van der Waals surface area contributed by atoms with Gasteiger partial charge in [0.15, 0.2) is 0 Å². The van der Waals surface area contributed by atoms with E-state index in [0.29, 0.717) is 6.42 Å². The zero-order valence-electron chi connectivity index (χ0n) is 11.0. The first-order valence-corrected chi connectivity index (χ1v) is 5.85. The highest BCUT2D eigenvalue weighted by atomic mass is 16.5. The van der Waals surface area contributed by atoms with Crippen LogP contribution in [-0.2, 0) is 9.53 Å². The number of ether oxygens (including phenoxy) is 1. The number of rotatable bonds is 4. The fourth-order valence-corrected chi connectivity index (χ4v) is 2.08. The van der Waals surface area contributed by atoms with Gasteiger partial charge in [-0.05, 0) is 31.9 Å². The SMILES string of the molecule is COC(=O)CC(c1ccc(C)cc1C)C(C)N. The normalized spacial score (nSPS) is 14.2. The van der Waals surface area contributed by atoms with E-state index in [0.717, 1.165) is 5.56 Å². The number of carbonyl (C=O) groups is 1. The third kappa shape index (κ3) is 3.56. The Morgan fingerprint density at radius 2 is 2.06 bits per heavy atom. The van der Waals surface area contributed by atoms with Gasteiger partial charge < -0.3 is 10.5 Å². The summed E-state index contributed by atoms with van der Waals surface area (Å²) in [5.41, 5.74) is 9.50. The number of benzene rings is 1. The Kier molecular flexibility index (Phi) is 4.70. The van der Waals surface area contributed by atoms with Crippen LogP contribution in [0.5, 0.6) is 0 Å². The molecule has 0 aliphatic rings. The number of aryl methyl sites for hydroxylation is 2. The summed E-state index contributed by atoms with van der Waals surface area (Å²) in [5, 5.41) is 0. The maximum Gasteiger partial charge on any atom is 0.306 e. The van der Waals surface area contributed by atoms with Crippen molar-refractivity contribution in [2.24, 2.45) is 5.73 Å². The molecular formula is C14H21NO2. The molecule has 1 rings (SSSR count). The minimum absolute atomic E-state index is 0.0167. The van der Waals surface area contributed by atoms with Crippen LogP contribution in [0.2, 0.25) is 0 Å². The molecule has 0 saturated heterocycles. The van der Waals surface area contributed by atoms with Crippen molar-refractivity contribution in [2.45, 2.75) is 39.2 Å². The molecular weight excluding hydrogens is 214 g/mol. The second kappa shape index (κ2) is 5.82. The van der Waals surface area contributed by atoms with Crippen molar-refractivity contribution in [1.82, 2.24) is 0 Å². The molecule has 0 bridgehead atoms. The van der Waals surface area contributed by atoms with Crippen LogP contribution in [0.1, 0.15) is 36.0 Å². The summed E-state index contributed by atoms with van der Waals surface area (Å²) < 4.78 is 4.72. The average Bonchev–Trinajstić information content (AvgIpc) is 2.26. The van der Waals surface area contributed by atoms with E-state index in [4.69, 9.17) is 10.5 Å². The third-order valence-electron chi connectivity index (χ3n) is 3.07. The van der Waals surface area contributed by atoms with Crippen molar-refractivity contribution < 1.29 is 9.53 Å². The standard InChI is InChI=1S/C14H21NO2/c1-9-5-6-12(10(2)7-9)13(11(3)15)8-14(16)17-4/h5-7,11,13H,8,15H2,1-4H3. The molecule has 0 spiro atoms. The molecule has 0 aliphatic carbocycles. The predicted octanol–water partition coefficient (Wildman–Crippen LogP) is 2.30. The Labute approximate surface area is 103 Å². The summed E-state index contributed by atoms with van der Waals surface area (Å²) in [6.07, 6.45) is 0.331. The lowest BCUT2D eigenvalue weighted by atomic mass is 9.86. The summed E-state index contributed by atoms with van der Waals surface area (Å²) in [5.74, 6) is -0.199. The van der Waals surface area contributed by atoms with E-state index in [-0.39, 0.29) is 17.9 Å². The van der Waals surface area contributed by atoms with E-state index in [1.807, 2.05) is 6.92 Å². The van der Waals surface area contributed by atoms with E-state index < -0.39 is 0 Å². The Balaban J connectivity index is 3.01. The minimum atomic E-state index is -0.215. The molecule has 0 fully saturated rings. The van der Waals surface area contributed by atoms with Crippen LogP contribution in [0.15, 0.2) is 18.2 Å². The maximum atomic E-state index is 11.4. The van der Waals surface area contributed by atoms with Gasteiger partial charge in [0, 0.05) is 12.0 Å². The van der Waals surface area contributed by atoms with Gasteiger partial charge in [-0.1, -0.05) is 23.8 Å². The van der Waals surface area contributed by atoms with Crippen LogP contribution in [0, 0.1) is 13.8 Å². The van der Waals surface area contributed by atoms with Crippen molar-refractivity contribution in [2.75, 3.05) is 7.11 Å². The van der Waals surface area contributed by atoms with Gasteiger partial charge in [0.05, 0.1) is 13.5 Å². The van der Waals surface area contributed by atoms with E-state index >= 15 is 0 Å². The summed E-state index contributed by atoms with van der Waals surface area (Å²) in [6, 6.07) is 6.15. The molecule has 2 unspecified atom stereocenters. The first-order valence-electron chi connectivity index (χ1n) is 5.85. The van der Waals surface area contributed by atoms with E-state index in [1.165, 1.54) is 18.2 Å². The van der Waals surface area contributed by atoms with Crippen molar-refractivity contribution in [3.8, 4) is 0 Å². The minimum Gasteiger partial charge on any atom is -0.469 e. The number of hydrogen-bond acceptors (Lipinski definition) is 3. The quantitative estimate of drug-likeness (QED) is 0.815. The number of nitrogens with two attached hydrogens (primary N) is 1. The van der Waals surface area contributed by atoms with Crippen LogP contribution in [-0.4, -0.2) is 19.1 Å². The number of esters is 1. The topological polar surface area (TPSA) is 52.3 Å². The highest BCUT2D eigenvalue weighted by Crippen LogP contribution is 2.26. The van der Waals surface area contributed by atoms with Gasteiger partial charge in [0.25, 0.3) is 0 Å². The van der Waals surface area contributed by atoms with E-state index in [9.17, 15) is 4.79 Å². The molecule has 0 aromatic heterocycles. The molecule has 0 amide bonds. The lowest BCUT2D eigenvalue weighted by Gasteiger charge is -2.22. The molecule has 17 heavy (non-hydrogen) atoms. The van der Waals surface area contributed by atoms with Gasteiger partial charge in [-0.15, -0.1) is 0 Å². The van der Waals surface area contributed by atoms with E-state index in [2.05, 4.69) is 32.0 Å². The predicted molar refractivity (Wildman–Crippen MR) is 68.9 cm³/mol. The number of carbonyl (C=O) groups excluding carboxylic acids is 1. The zero-order valence-corrected chi connectivity index (χ0v) is 11.0. The van der Waals surface area contributed by atoms with Gasteiger partial charge in [0.1, 0.15) is 0 Å². The van der Waals surface area contributed by atoms with E-state index in [1.54, 1.807) is 0 Å². The van der Waals surface area contributed by atoms with Gasteiger partial charge in [-0.2, -0.15) is 0 Å². The van der Waals surface area contributed by atoms with Crippen molar-refractivity contribution >= 4 is 5.97 Å². The Morgan fingerprint density at radius 1 is 1.41 bits per heavy atom. The smallest absolute Gasteiger partial charge is 0.306 e. The molecule has 0 radical (unpaired) electrons. The molecule has 94 valence electrons. The molecule has 0 aliphatic heterocycles. The molecule has 2 atom stereocenters. The lowest BCUT2D eigenvalue weighted by Crippen LogP contribution is -2.27. The van der Waals surface area contributed by atoms with Crippen molar-refractivity contribution in [3.63, 3.8) is 0 Å². The molecule has 3 heteroatoms. The van der Waals surface area contributed by atoms with Crippen molar-refractivity contribution in [3.05, 3.63) is 34.9 Å². The van der Waals surface area contributed by atoms with Crippen LogP contribution < -0.4 is 5.73 Å². The number of methoxy groups -OCH3 is 1. The molecule has 0 saturated carbocycles. The summed E-state index contributed by atoms with van der Waals surface area (Å²) >= 11 is 0. The second-order valence-electron chi connectivity index (χ2n) is 4.61. The maximum absolute atomic E-state index is 11.4. The van der Waals surface area contributed by atoms with Crippen molar-refractivity contribution in [1.29, 1.82) is 0 Å². The Morgan fingerprint density at radius 3 is 2.53 bits per heavy atom. The average molecular weight is 235 g/mol. The first-order chi connectivity index (χ1) is 7.95. The third-order valence-corrected chi connectivity index (χ3v) is 3.07. The monoisotopic (exact) mass is 235 g/mol. The number of hydrogen-bond donors (Lipinski definition) is 1. The second-order valence-corrected chi connectivity index (χ2v) is 4.61. The van der Waals surface area contributed by atoms with Crippen LogP contribution in [0.4, 0.5) is 0 Å². The zero-order chi connectivity index (χ0) is 13.0. The van der Waals surface area contributed by atoms with Gasteiger partial charge in [-0.25, -0.2) is 0 Å². The fraction of sp³-hybridized carbons (Fsp3) is 0.500. The highest BCUT2D eigenvalue weighted by Gasteiger charge is 2.21. The fourth-order valence-electron chi connectivity index (χ4n) is 2.08. The first kappa shape index (κ1) is 13.7. The van der Waals surface area contributed by atoms with Crippen LogP contribution >= 0.6 is 0 Å². The molecule has 3 nitrogen and oxygen atoms in total.